The molecule has 0 saturated heterocycles. The van der Waals surface area contributed by atoms with E-state index in [1.807, 2.05) is 19.0 Å². The van der Waals surface area contributed by atoms with Crippen LogP contribution in [0.3, 0.4) is 0 Å². The Labute approximate surface area is 128 Å². The van der Waals surface area contributed by atoms with Gasteiger partial charge in [0.1, 0.15) is 0 Å². The predicted octanol–water partition coefficient (Wildman–Crippen LogP) is 3.38. The molecule has 7 heteroatoms. The Hall–Kier alpha value is -1.34. The third-order valence-corrected chi connectivity index (χ3v) is 3.92. The Morgan fingerprint density at radius 3 is 2.43 bits per heavy atom. The average Bonchev–Trinajstić information content (AvgIpc) is 2.33. The third-order valence-electron chi connectivity index (χ3n) is 3.19. The molecule has 114 valence electrons. The van der Waals surface area contributed by atoms with Gasteiger partial charge < -0.3 is 9.47 Å². The number of halogens is 4. The Morgan fingerprint density at radius 1 is 1.29 bits per heavy atom. The zero-order valence-electron chi connectivity index (χ0n) is 11.8. The first-order valence-corrected chi connectivity index (χ1v) is 6.95. The van der Waals surface area contributed by atoms with Crippen LogP contribution in [-0.2, 0) is 19.8 Å². The van der Waals surface area contributed by atoms with Crippen molar-refractivity contribution in [1.29, 1.82) is 0 Å². The predicted molar refractivity (Wildman–Crippen MR) is 79.3 cm³/mol. The molecule has 0 unspecified atom stereocenters. The lowest BCUT2D eigenvalue weighted by atomic mass is 10.0. The first kappa shape index (κ1) is 16.0. The molecule has 0 saturated carbocycles. The van der Waals surface area contributed by atoms with Crippen molar-refractivity contribution in [2.24, 2.45) is 7.05 Å². The normalized spacial score (nSPS) is 12.4. The second-order valence-electron chi connectivity index (χ2n) is 5.14. The van der Waals surface area contributed by atoms with E-state index in [0.29, 0.717) is 6.54 Å². The smallest absolute Gasteiger partial charge is 0.310 e. The summed E-state index contributed by atoms with van der Waals surface area (Å²) < 4.78 is 40.7. The Balaban J connectivity index is 2.87. The molecule has 0 aliphatic rings. The van der Waals surface area contributed by atoms with Gasteiger partial charge in [0.25, 0.3) is 5.56 Å². The molecule has 0 spiro atoms. The average molecular weight is 363 g/mol. The van der Waals surface area contributed by atoms with Gasteiger partial charge in [-0.3, -0.25) is 4.79 Å². The number of hydrogen-bond donors (Lipinski definition) is 0. The molecular formula is C14H14BrF3N2O. The van der Waals surface area contributed by atoms with Gasteiger partial charge in [-0.2, -0.15) is 13.2 Å². The van der Waals surface area contributed by atoms with Crippen LogP contribution in [0.1, 0.15) is 11.1 Å². The first-order valence-electron chi connectivity index (χ1n) is 6.16. The highest BCUT2D eigenvalue weighted by Crippen LogP contribution is 2.38. The Bertz CT molecular complexity index is 750. The van der Waals surface area contributed by atoms with E-state index in [1.54, 1.807) is 12.1 Å². The van der Waals surface area contributed by atoms with E-state index in [9.17, 15) is 18.0 Å². The lowest BCUT2D eigenvalue weighted by molar-refractivity contribution is -0.137. The molecule has 1 aromatic heterocycles. The van der Waals surface area contributed by atoms with E-state index < -0.39 is 21.8 Å². The maximum absolute atomic E-state index is 13.3. The molecule has 3 nitrogen and oxygen atoms in total. The van der Waals surface area contributed by atoms with Crippen LogP contribution in [-0.4, -0.2) is 23.6 Å². The molecule has 0 bridgehead atoms. The Kier molecular flexibility index (Phi) is 4.17. The van der Waals surface area contributed by atoms with Crippen LogP contribution in [0.5, 0.6) is 0 Å². The number of rotatable bonds is 2. The van der Waals surface area contributed by atoms with Crippen LogP contribution in [0, 0.1) is 0 Å². The second kappa shape index (κ2) is 5.46. The van der Waals surface area contributed by atoms with E-state index in [4.69, 9.17) is 0 Å². The summed E-state index contributed by atoms with van der Waals surface area (Å²) in [5, 5.41) is 0.0239. The number of pyridine rings is 1. The molecule has 0 aliphatic heterocycles. The van der Waals surface area contributed by atoms with Crippen molar-refractivity contribution in [1.82, 2.24) is 9.47 Å². The zero-order chi connectivity index (χ0) is 15.9. The number of fused-ring (bicyclic) bond motifs is 1. The molecule has 0 N–H and O–H groups in total. The summed E-state index contributed by atoms with van der Waals surface area (Å²) in [7, 11) is 5.14. The fraction of sp³-hybridized carbons (Fsp3) is 0.357. The van der Waals surface area contributed by atoms with Crippen LogP contribution in [0.25, 0.3) is 10.9 Å². The molecule has 1 heterocycles. The van der Waals surface area contributed by atoms with Gasteiger partial charge in [-0.25, -0.2) is 0 Å². The maximum Gasteiger partial charge on any atom is 0.418 e. The van der Waals surface area contributed by atoms with E-state index in [-0.39, 0.29) is 10.9 Å². The summed E-state index contributed by atoms with van der Waals surface area (Å²) in [6.45, 7) is 0.522. The third kappa shape index (κ3) is 2.98. The summed E-state index contributed by atoms with van der Waals surface area (Å²) in [5.41, 5.74) is -0.599. The van der Waals surface area contributed by atoms with Crippen LogP contribution < -0.4 is 5.56 Å². The number of hydrogen-bond acceptors (Lipinski definition) is 2. The fourth-order valence-corrected chi connectivity index (χ4v) is 3.00. The summed E-state index contributed by atoms with van der Waals surface area (Å²) in [6.07, 6.45) is -4.60. The number of aromatic nitrogens is 1. The molecule has 0 amide bonds. The summed E-state index contributed by atoms with van der Waals surface area (Å²) in [4.78, 5) is 13.8. The fourth-order valence-electron chi connectivity index (χ4n) is 2.30. The highest BCUT2D eigenvalue weighted by molar-refractivity contribution is 9.10. The van der Waals surface area contributed by atoms with Crippen LogP contribution >= 0.6 is 15.9 Å². The van der Waals surface area contributed by atoms with E-state index in [2.05, 4.69) is 15.9 Å². The van der Waals surface area contributed by atoms with Crippen molar-refractivity contribution >= 4 is 26.8 Å². The second-order valence-corrected chi connectivity index (χ2v) is 5.93. The topological polar surface area (TPSA) is 25.2 Å². The van der Waals surface area contributed by atoms with Crippen LogP contribution in [0.2, 0.25) is 0 Å². The maximum atomic E-state index is 13.3. The van der Waals surface area contributed by atoms with Gasteiger partial charge in [-0.05, 0) is 47.7 Å². The lowest BCUT2D eigenvalue weighted by Crippen LogP contribution is -2.23. The van der Waals surface area contributed by atoms with Gasteiger partial charge in [0.2, 0.25) is 0 Å². The lowest BCUT2D eigenvalue weighted by Gasteiger charge is -2.17. The monoisotopic (exact) mass is 362 g/mol. The van der Waals surface area contributed by atoms with Crippen molar-refractivity contribution in [3.63, 3.8) is 0 Å². The minimum atomic E-state index is -4.60. The summed E-state index contributed by atoms with van der Waals surface area (Å²) in [5.74, 6) is 0. The quantitative estimate of drug-likeness (QED) is 0.818. The molecular weight excluding hydrogens is 349 g/mol. The Morgan fingerprint density at radius 2 is 1.90 bits per heavy atom. The van der Waals surface area contributed by atoms with Crippen molar-refractivity contribution in [2.45, 2.75) is 12.7 Å². The molecule has 1 aromatic carbocycles. The van der Waals surface area contributed by atoms with Crippen molar-refractivity contribution in [3.05, 3.63) is 44.2 Å². The molecule has 2 aromatic rings. The van der Waals surface area contributed by atoms with Gasteiger partial charge in [0, 0.05) is 19.0 Å². The first-order chi connectivity index (χ1) is 9.62. The molecule has 2 rings (SSSR count). The molecule has 0 atom stereocenters. The van der Waals surface area contributed by atoms with Crippen molar-refractivity contribution < 1.29 is 13.2 Å². The van der Waals surface area contributed by atoms with Gasteiger partial charge in [0.15, 0.2) is 0 Å². The van der Waals surface area contributed by atoms with Gasteiger partial charge in [0.05, 0.1) is 15.6 Å². The standard InChI is InChI=1S/C14H14BrF3N2O/c1-19(2)7-8-4-5-10-9(6-8)11(14(16,17)18)12(15)13(21)20(10)3/h4-6H,7H2,1-3H3. The molecule has 21 heavy (non-hydrogen) atoms. The largest absolute Gasteiger partial charge is 0.418 e. The minimum Gasteiger partial charge on any atom is -0.310 e. The van der Waals surface area contributed by atoms with Gasteiger partial charge >= 0.3 is 6.18 Å². The zero-order valence-corrected chi connectivity index (χ0v) is 13.3. The summed E-state index contributed by atoms with van der Waals surface area (Å²) in [6, 6.07) is 4.77. The highest BCUT2D eigenvalue weighted by atomic mass is 79.9. The number of alkyl halides is 3. The molecule has 0 fully saturated rings. The van der Waals surface area contributed by atoms with Crippen LogP contribution in [0.15, 0.2) is 27.5 Å². The van der Waals surface area contributed by atoms with Gasteiger partial charge in [-0.15, -0.1) is 0 Å². The number of nitrogens with zero attached hydrogens (tertiary/aromatic N) is 2. The molecule has 0 radical (unpaired) electrons. The number of aryl methyl sites for hydroxylation is 1. The number of benzene rings is 1. The van der Waals surface area contributed by atoms with Crippen LogP contribution in [0.4, 0.5) is 13.2 Å². The van der Waals surface area contributed by atoms with E-state index >= 15 is 0 Å². The van der Waals surface area contributed by atoms with Gasteiger partial charge in [-0.1, -0.05) is 6.07 Å². The van der Waals surface area contributed by atoms with E-state index in [0.717, 1.165) is 5.56 Å². The SMILES string of the molecule is CN(C)Cc1ccc2c(c1)c(C(F)(F)F)c(Br)c(=O)n2C. The molecule has 0 aliphatic carbocycles. The highest BCUT2D eigenvalue weighted by Gasteiger charge is 2.37. The van der Waals surface area contributed by atoms with E-state index in [1.165, 1.54) is 17.7 Å². The van der Waals surface area contributed by atoms with Crippen molar-refractivity contribution in [3.8, 4) is 0 Å². The van der Waals surface area contributed by atoms with Crippen molar-refractivity contribution in [2.75, 3.05) is 14.1 Å². The minimum absolute atomic E-state index is 0.0239. The summed E-state index contributed by atoms with van der Waals surface area (Å²) >= 11 is 2.80.